The Bertz CT molecular complexity index is 682. The van der Waals surface area contributed by atoms with Crippen molar-refractivity contribution in [1.29, 1.82) is 0 Å². The number of unbranched alkanes of at least 4 members (excludes halogenated alkanes) is 1. The molecule has 5 heteroatoms. The minimum Gasteiger partial charge on any atom is -0.340 e. The number of amides is 1. The van der Waals surface area contributed by atoms with E-state index in [-0.39, 0.29) is 5.91 Å². The third-order valence-electron chi connectivity index (χ3n) is 3.89. The summed E-state index contributed by atoms with van der Waals surface area (Å²) in [6.07, 6.45) is 3.05. The smallest absolute Gasteiger partial charge is 0.272 e. The van der Waals surface area contributed by atoms with Crippen LogP contribution in [0.2, 0.25) is 0 Å². The van der Waals surface area contributed by atoms with E-state index in [1.165, 1.54) is 5.56 Å². The van der Waals surface area contributed by atoms with Gasteiger partial charge in [-0.2, -0.15) is 0 Å². The number of rotatable bonds is 7. The van der Waals surface area contributed by atoms with Crippen LogP contribution in [0.15, 0.2) is 30.3 Å². The van der Waals surface area contributed by atoms with Gasteiger partial charge in [-0.05, 0) is 37.5 Å². The maximum Gasteiger partial charge on any atom is 0.272 e. The zero-order valence-electron chi connectivity index (χ0n) is 15.0. The van der Waals surface area contributed by atoms with E-state index in [1.807, 2.05) is 19.2 Å². The fraction of sp³-hybridized carbons (Fsp3) is 0.421. The largest absolute Gasteiger partial charge is 0.340 e. The summed E-state index contributed by atoms with van der Waals surface area (Å²) in [6.45, 7) is 6.77. The van der Waals surface area contributed by atoms with Crippen LogP contribution in [-0.4, -0.2) is 34.4 Å². The Kier molecular flexibility index (Phi) is 6.29. The molecule has 0 fully saturated rings. The molecule has 2 aromatic rings. The molecule has 0 spiro atoms. The van der Waals surface area contributed by atoms with Crippen LogP contribution in [0.3, 0.4) is 0 Å². The summed E-state index contributed by atoms with van der Waals surface area (Å²) < 4.78 is 0. The number of carbonyl (C=O) groups is 1. The van der Waals surface area contributed by atoms with Gasteiger partial charge in [-0.25, -0.2) is 9.97 Å². The van der Waals surface area contributed by atoms with E-state index in [2.05, 4.69) is 41.3 Å². The van der Waals surface area contributed by atoms with Crippen LogP contribution in [-0.2, 0) is 6.42 Å². The van der Waals surface area contributed by atoms with Crippen LogP contribution in [0.25, 0.3) is 0 Å². The molecule has 1 N–H and O–H groups in total. The topological polar surface area (TPSA) is 58.1 Å². The first kappa shape index (κ1) is 17.9. The molecule has 1 aromatic heterocycles. The first-order chi connectivity index (χ1) is 11.5. The predicted molar refractivity (Wildman–Crippen MR) is 97.7 cm³/mol. The maximum absolute atomic E-state index is 12.5. The van der Waals surface area contributed by atoms with Gasteiger partial charge < -0.3 is 10.2 Å². The fourth-order valence-corrected chi connectivity index (χ4v) is 2.41. The second-order valence-electron chi connectivity index (χ2n) is 5.94. The van der Waals surface area contributed by atoms with Crippen LogP contribution in [0.5, 0.6) is 0 Å². The lowest BCUT2D eigenvalue weighted by Crippen LogP contribution is -2.28. The van der Waals surface area contributed by atoms with Crippen LogP contribution in [0, 0.1) is 6.92 Å². The van der Waals surface area contributed by atoms with Gasteiger partial charge in [-0.15, -0.1) is 0 Å². The van der Waals surface area contributed by atoms with E-state index in [1.54, 1.807) is 17.9 Å². The van der Waals surface area contributed by atoms with Crippen molar-refractivity contribution in [3.05, 3.63) is 47.4 Å². The summed E-state index contributed by atoms with van der Waals surface area (Å²) in [4.78, 5) is 22.9. The number of hydrogen-bond donors (Lipinski definition) is 1. The third-order valence-corrected chi connectivity index (χ3v) is 3.89. The normalized spacial score (nSPS) is 10.5. The number of aromatic nitrogens is 2. The van der Waals surface area contributed by atoms with Crippen molar-refractivity contribution in [2.24, 2.45) is 0 Å². The standard InChI is InChI=1S/C19H26N4O/c1-5-7-12-23(4)19(24)17-13-18(21-14(3)20-17)22-16-10-8-15(6-2)9-11-16/h8-11,13H,5-7,12H2,1-4H3,(H,20,21,22). The lowest BCUT2D eigenvalue weighted by atomic mass is 10.1. The first-order valence-corrected chi connectivity index (χ1v) is 8.50. The van der Waals surface area contributed by atoms with Crippen molar-refractivity contribution in [2.45, 2.75) is 40.0 Å². The molecule has 0 saturated heterocycles. The van der Waals surface area contributed by atoms with Gasteiger partial charge in [0.15, 0.2) is 0 Å². The molecule has 0 unspecified atom stereocenters. The van der Waals surface area contributed by atoms with Crippen molar-refractivity contribution in [2.75, 3.05) is 18.9 Å². The number of benzene rings is 1. The number of anilines is 2. The molecule has 0 bridgehead atoms. The van der Waals surface area contributed by atoms with Gasteiger partial charge >= 0.3 is 0 Å². The second kappa shape index (κ2) is 8.43. The molecule has 0 aliphatic carbocycles. The number of hydrogen-bond acceptors (Lipinski definition) is 4. The lowest BCUT2D eigenvalue weighted by Gasteiger charge is -2.17. The fourth-order valence-electron chi connectivity index (χ4n) is 2.41. The van der Waals surface area contributed by atoms with E-state index in [0.29, 0.717) is 17.3 Å². The molecule has 0 radical (unpaired) electrons. The minimum absolute atomic E-state index is 0.0710. The van der Waals surface area contributed by atoms with E-state index in [9.17, 15) is 4.79 Å². The Balaban J connectivity index is 2.16. The van der Waals surface area contributed by atoms with Gasteiger partial charge in [0.25, 0.3) is 5.91 Å². The molecule has 1 aromatic carbocycles. The molecule has 1 heterocycles. The van der Waals surface area contributed by atoms with Crippen LogP contribution in [0.1, 0.15) is 48.6 Å². The van der Waals surface area contributed by atoms with Gasteiger partial charge in [0, 0.05) is 25.3 Å². The lowest BCUT2D eigenvalue weighted by molar-refractivity contribution is 0.0787. The Morgan fingerprint density at radius 3 is 2.50 bits per heavy atom. The van der Waals surface area contributed by atoms with Gasteiger partial charge in [0.1, 0.15) is 17.3 Å². The number of nitrogens with zero attached hydrogens (tertiary/aromatic N) is 3. The highest BCUT2D eigenvalue weighted by Gasteiger charge is 2.15. The zero-order valence-corrected chi connectivity index (χ0v) is 15.0. The molecule has 5 nitrogen and oxygen atoms in total. The zero-order chi connectivity index (χ0) is 17.5. The van der Waals surface area contributed by atoms with Crippen LogP contribution < -0.4 is 5.32 Å². The third kappa shape index (κ3) is 4.78. The van der Waals surface area contributed by atoms with Crippen LogP contribution >= 0.6 is 0 Å². The summed E-state index contributed by atoms with van der Waals surface area (Å²) >= 11 is 0. The Labute approximate surface area is 144 Å². The average Bonchev–Trinajstić information content (AvgIpc) is 2.59. The SMILES string of the molecule is CCCCN(C)C(=O)c1cc(Nc2ccc(CC)cc2)nc(C)n1. The van der Waals surface area contributed by atoms with E-state index < -0.39 is 0 Å². The maximum atomic E-state index is 12.5. The first-order valence-electron chi connectivity index (χ1n) is 8.50. The quantitative estimate of drug-likeness (QED) is 0.836. The van der Waals surface area contributed by atoms with Crippen molar-refractivity contribution in [1.82, 2.24) is 14.9 Å². The van der Waals surface area contributed by atoms with E-state index in [0.717, 1.165) is 31.5 Å². The van der Waals surface area contributed by atoms with Crippen molar-refractivity contribution in [3.63, 3.8) is 0 Å². The summed E-state index contributed by atoms with van der Waals surface area (Å²) in [5, 5.41) is 3.25. The molecule has 0 atom stereocenters. The molecule has 0 aliphatic heterocycles. The molecule has 0 aliphatic rings. The van der Waals surface area contributed by atoms with Crippen molar-refractivity contribution < 1.29 is 4.79 Å². The summed E-state index contributed by atoms with van der Waals surface area (Å²) in [5.74, 6) is 1.15. The van der Waals surface area contributed by atoms with Gasteiger partial charge in [-0.3, -0.25) is 4.79 Å². The summed E-state index contributed by atoms with van der Waals surface area (Å²) in [6, 6.07) is 9.92. The number of nitrogens with one attached hydrogen (secondary N) is 1. The highest BCUT2D eigenvalue weighted by molar-refractivity contribution is 5.93. The molecule has 0 saturated carbocycles. The summed E-state index contributed by atoms with van der Waals surface area (Å²) in [7, 11) is 1.81. The second-order valence-corrected chi connectivity index (χ2v) is 5.94. The van der Waals surface area contributed by atoms with Crippen molar-refractivity contribution >= 4 is 17.4 Å². The minimum atomic E-state index is -0.0710. The van der Waals surface area contributed by atoms with Gasteiger partial charge in [0.2, 0.25) is 0 Å². The van der Waals surface area contributed by atoms with Crippen LogP contribution in [0.4, 0.5) is 11.5 Å². The molecule has 2 rings (SSSR count). The Morgan fingerprint density at radius 1 is 1.17 bits per heavy atom. The van der Waals surface area contributed by atoms with Crippen molar-refractivity contribution in [3.8, 4) is 0 Å². The highest BCUT2D eigenvalue weighted by atomic mass is 16.2. The highest BCUT2D eigenvalue weighted by Crippen LogP contribution is 2.17. The number of aryl methyl sites for hydroxylation is 2. The van der Waals surface area contributed by atoms with E-state index in [4.69, 9.17) is 0 Å². The molecule has 24 heavy (non-hydrogen) atoms. The Hall–Kier alpha value is -2.43. The molecule has 128 valence electrons. The average molecular weight is 326 g/mol. The summed E-state index contributed by atoms with van der Waals surface area (Å²) in [5.41, 5.74) is 2.66. The van der Waals surface area contributed by atoms with E-state index >= 15 is 0 Å². The Morgan fingerprint density at radius 2 is 1.88 bits per heavy atom. The molecular weight excluding hydrogens is 300 g/mol. The van der Waals surface area contributed by atoms with Gasteiger partial charge in [0.05, 0.1) is 0 Å². The van der Waals surface area contributed by atoms with Gasteiger partial charge in [-0.1, -0.05) is 32.4 Å². The molecular formula is C19H26N4O. The monoisotopic (exact) mass is 326 g/mol. The predicted octanol–water partition coefficient (Wildman–Crippen LogP) is 3.96. The number of carbonyl (C=O) groups excluding carboxylic acids is 1. The molecule has 1 amide bonds.